The number of nitriles is 1. The fraction of sp³-hybridized carbons (Fsp3) is 0.154. The van der Waals surface area contributed by atoms with Gasteiger partial charge in [-0.1, -0.05) is 17.8 Å². The Labute approximate surface area is 114 Å². The Morgan fingerprint density at radius 1 is 1.47 bits per heavy atom. The third kappa shape index (κ3) is 2.20. The molecule has 3 heterocycles. The first-order chi connectivity index (χ1) is 9.28. The van der Waals surface area contributed by atoms with Crippen LogP contribution in [0.25, 0.3) is 5.52 Å². The molecule has 0 aliphatic rings. The molecule has 5 nitrogen and oxygen atoms in total. The van der Waals surface area contributed by atoms with Gasteiger partial charge in [-0.2, -0.15) is 5.26 Å². The first kappa shape index (κ1) is 11.8. The Morgan fingerprint density at radius 3 is 3.11 bits per heavy atom. The van der Waals surface area contributed by atoms with Crippen molar-refractivity contribution in [1.29, 1.82) is 5.26 Å². The molecule has 0 unspecified atom stereocenters. The van der Waals surface area contributed by atoms with Crippen LogP contribution in [0.3, 0.4) is 0 Å². The average Bonchev–Trinajstić information content (AvgIpc) is 2.99. The van der Waals surface area contributed by atoms with Crippen LogP contribution in [0, 0.1) is 18.3 Å². The maximum absolute atomic E-state index is 9.30. The Morgan fingerprint density at radius 2 is 2.37 bits per heavy atom. The fourth-order valence-corrected chi connectivity index (χ4v) is 2.76. The van der Waals surface area contributed by atoms with Crippen LogP contribution >= 0.6 is 11.8 Å². The number of thioether (sulfide) groups is 1. The molecule has 1 N–H and O–H groups in total. The second kappa shape index (κ2) is 4.78. The van der Waals surface area contributed by atoms with E-state index in [2.05, 4.69) is 21.3 Å². The molecule has 0 spiro atoms. The van der Waals surface area contributed by atoms with Crippen molar-refractivity contribution in [3.8, 4) is 6.07 Å². The minimum atomic E-state index is 0.682. The lowest BCUT2D eigenvalue weighted by atomic mass is 10.2. The number of aryl methyl sites for hydroxylation is 1. The van der Waals surface area contributed by atoms with Crippen LogP contribution in [0.1, 0.15) is 17.0 Å². The minimum absolute atomic E-state index is 0.682. The first-order valence-corrected chi connectivity index (χ1v) is 6.77. The van der Waals surface area contributed by atoms with Crippen LogP contribution in [0.5, 0.6) is 0 Å². The summed E-state index contributed by atoms with van der Waals surface area (Å²) < 4.78 is 1.97. The van der Waals surface area contributed by atoms with Crippen molar-refractivity contribution < 1.29 is 0 Å². The third-order valence-corrected chi connectivity index (χ3v) is 3.70. The Hall–Kier alpha value is -2.26. The molecule has 0 amide bonds. The van der Waals surface area contributed by atoms with Gasteiger partial charge in [-0.05, 0) is 24.6 Å². The first-order valence-electron chi connectivity index (χ1n) is 5.78. The molecule has 0 fully saturated rings. The number of nitrogens with one attached hydrogen (secondary N) is 1. The van der Waals surface area contributed by atoms with Crippen molar-refractivity contribution in [2.75, 3.05) is 0 Å². The van der Waals surface area contributed by atoms with E-state index in [-0.39, 0.29) is 0 Å². The summed E-state index contributed by atoms with van der Waals surface area (Å²) in [5, 5.41) is 16.9. The summed E-state index contributed by atoms with van der Waals surface area (Å²) in [5.41, 5.74) is 2.66. The van der Waals surface area contributed by atoms with Crippen LogP contribution in [-0.2, 0) is 5.75 Å². The predicted molar refractivity (Wildman–Crippen MR) is 72.8 cm³/mol. The molecular formula is C13H11N5S. The van der Waals surface area contributed by atoms with Crippen molar-refractivity contribution >= 4 is 17.3 Å². The monoisotopic (exact) mass is 269 g/mol. The summed E-state index contributed by atoms with van der Waals surface area (Å²) >= 11 is 1.52. The highest BCUT2D eigenvalue weighted by molar-refractivity contribution is 7.98. The standard InChI is InChI=1S/C13H11N5S/c1-9-15-13(17-16-9)19-8-10-7-18-5-3-2-4-12(18)11(10)6-14/h2-5,7H,8H2,1H3,(H,15,16,17). The molecule has 3 rings (SSSR count). The lowest BCUT2D eigenvalue weighted by Crippen LogP contribution is -1.83. The molecule has 94 valence electrons. The Bertz CT molecular complexity index is 765. The van der Waals surface area contributed by atoms with Crippen LogP contribution < -0.4 is 0 Å². The largest absolute Gasteiger partial charge is 0.322 e. The molecule has 0 saturated carbocycles. The quantitative estimate of drug-likeness (QED) is 0.742. The lowest BCUT2D eigenvalue weighted by Gasteiger charge is -1.94. The van der Waals surface area contributed by atoms with Gasteiger partial charge in [0.15, 0.2) is 0 Å². The molecule has 3 aromatic heterocycles. The molecule has 19 heavy (non-hydrogen) atoms. The zero-order valence-electron chi connectivity index (χ0n) is 10.3. The van der Waals surface area contributed by atoms with Crippen molar-refractivity contribution in [1.82, 2.24) is 19.6 Å². The number of hydrogen-bond donors (Lipinski definition) is 1. The maximum atomic E-state index is 9.30. The molecule has 0 aliphatic carbocycles. The molecule has 3 aromatic rings. The smallest absolute Gasteiger partial charge is 0.208 e. The molecule has 0 aliphatic heterocycles. The van der Waals surface area contributed by atoms with E-state index in [1.54, 1.807) is 0 Å². The number of aromatic nitrogens is 4. The van der Waals surface area contributed by atoms with Gasteiger partial charge in [-0.3, -0.25) is 5.10 Å². The normalized spacial score (nSPS) is 10.7. The van der Waals surface area contributed by atoms with Crippen LogP contribution in [-0.4, -0.2) is 19.6 Å². The average molecular weight is 269 g/mol. The lowest BCUT2D eigenvalue weighted by molar-refractivity contribution is 0.969. The van der Waals surface area contributed by atoms with Crippen molar-refractivity contribution in [3.63, 3.8) is 0 Å². The fourth-order valence-electron chi connectivity index (χ4n) is 1.94. The molecule has 0 radical (unpaired) electrons. The molecule has 6 heteroatoms. The van der Waals surface area contributed by atoms with Crippen molar-refractivity contribution in [2.45, 2.75) is 17.8 Å². The molecule has 0 bridgehead atoms. The van der Waals surface area contributed by atoms with Crippen LogP contribution in [0.15, 0.2) is 35.7 Å². The van der Waals surface area contributed by atoms with Gasteiger partial charge in [0.05, 0.1) is 11.1 Å². The second-order valence-corrected chi connectivity index (χ2v) is 5.07. The maximum Gasteiger partial charge on any atom is 0.208 e. The highest BCUT2D eigenvalue weighted by atomic mass is 32.2. The summed E-state index contributed by atoms with van der Waals surface area (Å²) in [6.07, 6.45) is 3.93. The zero-order chi connectivity index (χ0) is 13.2. The van der Waals surface area contributed by atoms with E-state index in [1.165, 1.54) is 11.8 Å². The molecule has 0 atom stereocenters. The highest BCUT2D eigenvalue weighted by Gasteiger charge is 2.11. The van der Waals surface area contributed by atoms with E-state index in [0.717, 1.165) is 22.5 Å². The van der Waals surface area contributed by atoms with Gasteiger partial charge in [0, 0.05) is 18.1 Å². The Kier molecular flexibility index (Phi) is 2.97. The number of rotatable bonds is 3. The topological polar surface area (TPSA) is 69.8 Å². The summed E-state index contributed by atoms with van der Waals surface area (Å²) in [4.78, 5) is 4.24. The zero-order valence-corrected chi connectivity index (χ0v) is 11.1. The number of hydrogen-bond acceptors (Lipinski definition) is 4. The summed E-state index contributed by atoms with van der Waals surface area (Å²) in [6, 6.07) is 8.11. The Balaban J connectivity index is 1.90. The van der Waals surface area contributed by atoms with E-state index in [0.29, 0.717) is 10.9 Å². The van der Waals surface area contributed by atoms with Gasteiger partial charge in [-0.15, -0.1) is 5.10 Å². The molecular weight excluding hydrogens is 258 g/mol. The molecule has 0 aromatic carbocycles. The SMILES string of the molecule is Cc1nc(SCc2cn3ccccc3c2C#N)n[nH]1. The van der Waals surface area contributed by atoms with Crippen LogP contribution in [0.4, 0.5) is 0 Å². The van der Waals surface area contributed by atoms with Gasteiger partial charge < -0.3 is 4.40 Å². The van der Waals surface area contributed by atoms with Gasteiger partial charge in [0.1, 0.15) is 11.9 Å². The summed E-state index contributed by atoms with van der Waals surface area (Å²) in [6.45, 7) is 1.87. The second-order valence-electron chi connectivity index (χ2n) is 4.13. The van der Waals surface area contributed by atoms with E-state index in [9.17, 15) is 5.26 Å². The van der Waals surface area contributed by atoms with E-state index in [1.807, 2.05) is 41.9 Å². The summed E-state index contributed by atoms with van der Waals surface area (Å²) in [7, 11) is 0. The number of aromatic amines is 1. The number of pyridine rings is 1. The number of H-pyrrole nitrogens is 1. The van der Waals surface area contributed by atoms with Gasteiger partial charge in [-0.25, -0.2) is 4.98 Å². The number of fused-ring (bicyclic) bond motifs is 1. The van der Waals surface area contributed by atoms with Crippen molar-refractivity contribution in [3.05, 3.63) is 47.5 Å². The van der Waals surface area contributed by atoms with Crippen molar-refractivity contribution in [2.24, 2.45) is 0 Å². The van der Waals surface area contributed by atoms with Crippen LogP contribution in [0.2, 0.25) is 0 Å². The van der Waals surface area contributed by atoms with Gasteiger partial charge in [0.2, 0.25) is 5.16 Å². The summed E-state index contributed by atoms with van der Waals surface area (Å²) in [5.74, 6) is 1.48. The van der Waals surface area contributed by atoms with E-state index >= 15 is 0 Å². The third-order valence-electron chi connectivity index (χ3n) is 2.81. The molecule has 0 saturated heterocycles. The van der Waals surface area contributed by atoms with Gasteiger partial charge >= 0.3 is 0 Å². The van der Waals surface area contributed by atoms with E-state index < -0.39 is 0 Å². The minimum Gasteiger partial charge on any atom is -0.322 e. The van der Waals surface area contributed by atoms with E-state index in [4.69, 9.17) is 0 Å². The number of nitrogens with zero attached hydrogens (tertiary/aromatic N) is 4. The highest BCUT2D eigenvalue weighted by Crippen LogP contribution is 2.25. The van der Waals surface area contributed by atoms with Gasteiger partial charge in [0.25, 0.3) is 0 Å². The predicted octanol–water partition coefficient (Wildman–Crippen LogP) is 2.53.